The first-order valence-electron chi connectivity index (χ1n) is 16.7. The molecule has 5 saturated carbocycles. The van der Waals surface area contributed by atoms with Crippen LogP contribution in [-0.2, 0) is 33.2 Å². The van der Waals surface area contributed by atoms with Crippen LogP contribution in [0.1, 0.15) is 43.5 Å². The van der Waals surface area contributed by atoms with Gasteiger partial charge >= 0.3 is 11.9 Å². The van der Waals surface area contributed by atoms with Crippen LogP contribution in [0.4, 0.5) is 0 Å². The van der Waals surface area contributed by atoms with Crippen molar-refractivity contribution in [3.63, 3.8) is 0 Å². The van der Waals surface area contributed by atoms with Gasteiger partial charge in [-0.3, -0.25) is 9.69 Å². The third kappa shape index (κ3) is 4.00. The molecular weight excluding hydrogens is 610 g/mol. The van der Waals surface area contributed by atoms with Gasteiger partial charge < -0.3 is 43.4 Å². The standard InChI is InChI=1S/C35H49NO11/c1-8-36-16-32(17-41-3)22(38)13-23(43-5)35-21-14-33(40)24(44-6)15-34(47-18(2)37,26(29(35)36)27(45-7)28(32)35)25(21)30(33)46-31(39)19-9-11-20(42-4)12-10-19/h9-12,21-30,38,40H,8,13-17H2,1-7H3/t21-,22-,23+,24+,25-,26?,27+,28-,29-,30-,32+,33-,34-,35+/m0/s1. The van der Waals surface area contributed by atoms with Gasteiger partial charge in [-0.2, -0.15) is 0 Å². The second-order valence-electron chi connectivity index (χ2n) is 14.7. The van der Waals surface area contributed by atoms with Crippen LogP contribution in [-0.4, -0.2) is 130 Å². The predicted octanol–water partition coefficient (Wildman–Crippen LogP) is 1.69. The first kappa shape index (κ1) is 33.2. The lowest BCUT2D eigenvalue weighted by molar-refractivity contribution is -0.300. The number of aliphatic hydroxyl groups excluding tert-OH is 1. The predicted molar refractivity (Wildman–Crippen MR) is 166 cm³/mol. The van der Waals surface area contributed by atoms with Gasteiger partial charge in [0.05, 0.1) is 43.7 Å². The Labute approximate surface area is 275 Å². The first-order chi connectivity index (χ1) is 22.5. The fourth-order valence-electron chi connectivity index (χ4n) is 12.4. The number of hydrogen-bond acceptors (Lipinski definition) is 12. The van der Waals surface area contributed by atoms with E-state index >= 15 is 0 Å². The number of fused-ring (bicyclic) bond motifs is 2. The molecule has 1 saturated heterocycles. The summed E-state index contributed by atoms with van der Waals surface area (Å²) in [6.45, 7) is 5.04. The molecule has 0 radical (unpaired) electrons. The molecule has 1 spiro atoms. The minimum absolute atomic E-state index is 0.179. The van der Waals surface area contributed by atoms with Gasteiger partial charge in [-0.1, -0.05) is 6.92 Å². The van der Waals surface area contributed by atoms with Gasteiger partial charge in [0.25, 0.3) is 0 Å². The second-order valence-corrected chi connectivity index (χ2v) is 14.7. The molecular formula is C35H49NO11. The largest absolute Gasteiger partial charge is 0.497 e. The minimum atomic E-state index is -1.58. The second kappa shape index (κ2) is 11.4. The van der Waals surface area contributed by atoms with E-state index in [-0.39, 0.29) is 30.7 Å². The average Bonchev–Trinajstić information content (AvgIpc) is 3.43. The van der Waals surface area contributed by atoms with Crippen LogP contribution in [0.3, 0.4) is 0 Å². The number of likely N-dealkylation sites (tertiary alicyclic amines) is 1. The van der Waals surface area contributed by atoms with Crippen molar-refractivity contribution in [3.05, 3.63) is 29.8 Å². The zero-order chi connectivity index (χ0) is 33.7. The number of ether oxygens (including phenoxy) is 7. The van der Waals surface area contributed by atoms with Gasteiger partial charge in [0.15, 0.2) is 0 Å². The molecule has 6 aliphatic rings. The molecule has 12 nitrogen and oxygen atoms in total. The summed E-state index contributed by atoms with van der Waals surface area (Å²) in [6, 6.07) is 6.44. The van der Waals surface area contributed by atoms with Gasteiger partial charge in [-0.25, -0.2) is 4.79 Å². The first-order valence-corrected chi connectivity index (χ1v) is 16.7. The van der Waals surface area contributed by atoms with Crippen molar-refractivity contribution in [1.29, 1.82) is 0 Å². The van der Waals surface area contributed by atoms with E-state index in [1.54, 1.807) is 52.7 Å². The summed E-state index contributed by atoms with van der Waals surface area (Å²) < 4.78 is 43.2. The van der Waals surface area contributed by atoms with Crippen molar-refractivity contribution >= 4 is 11.9 Å². The molecule has 1 unspecified atom stereocenters. The minimum Gasteiger partial charge on any atom is -0.497 e. The molecule has 7 bridgehead atoms. The smallest absolute Gasteiger partial charge is 0.338 e. The number of benzene rings is 1. The molecule has 47 heavy (non-hydrogen) atoms. The summed E-state index contributed by atoms with van der Waals surface area (Å²) in [5.41, 5.74) is -3.89. The van der Waals surface area contributed by atoms with Gasteiger partial charge in [0, 0.05) is 89.4 Å². The van der Waals surface area contributed by atoms with Crippen molar-refractivity contribution in [2.45, 2.75) is 80.9 Å². The maximum absolute atomic E-state index is 13.9. The summed E-state index contributed by atoms with van der Waals surface area (Å²) in [6.07, 6.45) is -2.70. The van der Waals surface area contributed by atoms with E-state index in [0.717, 1.165) is 0 Å². The Morgan fingerprint density at radius 1 is 0.979 bits per heavy atom. The Kier molecular flexibility index (Phi) is 8.02. The average molecular weight is 660 g/mol. The lowest BCUT2D eigenvalue weighted by Gasteiger charge is -2.70. The van der Waals surface area contributed by atoms with Crippen LogP contribution in [0, 0.1) is 34.5 Å². The number of esters is 2. The molecule has 6 fully saturated rings. The molecule has 2 N–H and O–H groups in total. The molecule has 1 aliphatic heterocycles. The molecule has 14 atom stereocenters. The van der Waals surface area contributed by atoms with Crippen LogP contribution in [0.25, 0.3) is 0 Å². The van der Waals surface area contributed by atoms with E-state index < -0.39 is 76.3 Å². The van der Waals surface area contributed by atoms with Crippen molar-refractivity contribution in [3.8, 4) is 5.75 Å². The number of carbonyl (C=O) groups is 2. The summed E-state index contributed by atoms with van der Waals surface area (Å²) in [7, 11) is 8.11. The Morgan fingerprint density at radius 3 is 2.26 bits per heavy atom. The van der Waals surface area contributed by atoms with E-state index in [4.69, 9.17) is 33.2 Å². The summed E-state index contributed by atoms with van der Waals surface area (Å²) >= 11 is 0. The SMILES string of the molecule is CCN1C[C@@]2(COC)[C@@H](O)C[C@@H](OC)[C@@]34[C@@H]1C([C@@H](OC)[C@@H]23)[C@]1(OC(C)=O)C[C@@H](OC)[C@@]2(O)C[C@H]4[C@H]1[C@@H]2OC(=O)c1ccc(OC)cc1. The van der Waals surface area contributed by atoms with Crippen LogP contribution in [0.15, 0.2) is 24.3 Å². The summed E-state index contributed by atoms with van der Waals surface area (Å²) in [5.74, 6) is -2.10. The summed E-state index contributed by atoms with van der Waals surface area (Å²) in [5, 5.41) is 24.8. The number of rotatable bonds is 10. The van der Waals surface area contributed by atoms with Crippen molar-refractivity contribution in [2.75, 3.05) is 55.2 Å². The number of methoxy groups -OCH3 is 5. The maximum atomic E-state index is 13.9. The van der Waals surface area contributed by atoms with E-state index in [1.165, 1.54) is 14.0 Å². The Bertz CT molecular complexity index is 1390. The van der Waals surface area contributed by atoms with Crippen molar-refractivity contribution in [2.24, 2.45) is 34.5 Å². The third-order valence-electron chi connectivity index (χ3n) is 13.4. The molecule has 1 aromatic rings. The Balaban J connectivity index is 1.47. The molecule has 0 aromatic heterocycles. The fraction of sp³-hybridized carbons (Fsp3) is 0.771. The van der Waals surface area contributed by atoms with Crippen molar-refractivity contribution in [1.82, 2.24) is 4.90 Å². The van der Waals surface area contributed by atoms with E-state index in [2.05, 4.69) is 11.8 Å². The zero-order valence-corrected chi connectivity index (χ0v) is 28.3. The van der Waals surface area contributed by atoms with Crippen LogP contribution in [0.5, 0.6) is 5.75 Å². The lowest BCUT2D eigenvalue weighted by Crippen LogP contribution is -2.79. The molecule has 1 aromatic carbocycles. The molecule has 260 valence electrons. The highest BCUT2D eigenvalue weighted by atomic mass is 16.6. The normalized spacial score (nSPS) is 47.4. The number of piperidine rings is 1. The molecule has 0 amide bonds. The van der Waals surface area contributed by atoms with Crippen LogP contribution < -0.4 is 4.74 Å². The molecule has 7 rings (SSSR count). The fourth-order valence-corrected chi connectivity index (χ4v) is 12.4. The quantitative estimate of drug-likeness (QED) is 0.353. The third-order valence-corrected chi connectivity index (χ3v) is 13.4. The summed E-state index contributed by atoms with van der Waals surface area (Å²) in [4.78, 5) is 29.5. The Morgan fingerprint density at radius 2 is 1.68 bits per heavy atom. The monoisotopic (exact) mass is 659 g/mol. The van der Waals surface area contributed by atoms with Crippen molar-refractivity contribution < 1.29 is 53.0 Å². The number of aliphatic hydroxyl groups is 2. The number of nitrogens with zero attached hydrogens (tertiary/aromatic N) is 1. The number of hydrogen-bond donors (Lipinski definition) is 2. The molecule has 1 heterocycles. The van der Waals surface area contributed by atoms with E-state index in [1.807, 2.05) is 0 Å². The topological polar surface area (TPSA) is 142 Å². The zero-order valence-electron chi connectivity index (χ0n) is 28.3. The van der Waals surface area contributed by atoms with Gasteiger partial charge in [0.2, 0.25) is 0 Å². The van der Waals surface area contributed by atoms with E-state index in [9.17, 15) is 19.8 Å². The van der Waals surface area contributed by atoms with Crippen LogP contribution >= 0.6 is 0 Å². The highest BCUT2D eigenvalue weighted by molar-refractivity contribution is 5.89. The van der Waals surface area contributed by atoms with Gasteiger partial charge in [0.1, 0.15) is 23.1 Å². The molecule has 12 heteroatoms. The highest BCUT2D eigenvalue weighted by Crippen LogP contribution is 2.80. The maximum Gasteiger partial charge on any atom is 0.338 e. The highest BCUT2D eigenvalue weighted by Gasteiger charge is 2.90. The van der Waals surface area contributed by atoms with Crippen LogP contribution in [0.2, 0.25) is 0 Å². The van der Waals surface area contributed by atoms with Gasteiger partial charge in [-0.05, 0) is 43.1 Å². The molecule has 5 aliphatic carbocycles. The number of carbonyl (C=O) groups excluding carboxylic acids is 2. The van der Waals surface area contributed by atoms with Gasteiger partial charge in [-0.15, -0.1) is 0 Å². The lowest BCUT2D eigenvalue weighted by atomic mass is 9.42. The van der Waals surface area contributed by atoms with E-state index in [0.29, 0.717) is 37.4 Å². The Hall–Kier alpha value is -2.32.